The molecule has 1 N–H and O–H groups in total. The molecule has 6 nitrogen and oxygen atoms in total. The molecule has 1 unspecified atom stereocenters. The third kappa shape index (κ3) is 4.78. The van der Waals surface area contributed by atoms with E-state index in [2.05, 4.69) is 5.32 Å². The molecule has 0 saturated heterocycles. The van der Waals surface area contributed by atoms with Crippen molar-refractivity contribution in [2.24, 2.45) is 0 Å². The van der Waals surface area contributed by atoms with Crippen LogP contribution in [0.2, 0.25) is 0 Å². The summed E-state index contributed by atoms with van der Waals surface area (Å²) < 4.78 is 10.2. The van der Waals surface area contributed by atoms with Gasteiger partial charge in [0.05, 0.1) is 17.6 Å². The molecule has 0 radical (unpaired) electrons. The first kappa shape index (κ1) is 14.0. The minimum Gasteiger partial charge on any atom is -0.382 e. The molecule has 0 aliphatic heterocycles. The van der Waals surface area contributed by atoms with Gasteiger partial charge in [0.15, 0.2) is 0 Å². The number of ether oxygens (including phenoxy) is 2. The van der Waals surface area contributed by atoms with Crippen LogP contribution in [0.15, 0.2) is 11.4 Å². The van der Waals surface area contributed by atoms with Gasteiger partial charge >= 0.3 is 5.00 Å². The zero-order valence-electron chi connectivity index (χ0n) is 9.84. The van der Waals surface area contributed by atoms with Crippen LogP contribution in [0.25, 0.3) is 0 Å². The van der Waals surface area contributed by atoms with Crippen LogP contribution in [0.4, 0.5) is 5.00 Å². The number of nitro groups is 1. The first-order valence-corrected chi connectivity index (χ1v) is 5.99. The second-order valence-corrected chi connectivity index (χ2v) is 4.38. The lowest BCUT2D eigenvalue weighted by Gasteiger charge is -2.14. The van der Waals surface area contributed by atoms with Crippen molar-refractivity contribution in [2.45, 2.75) is 12.6 Å². The highest BCUT2D eigenvalue weighted by atomic mass is 32.1. The second-order valence-electron chi connectivity index (χ2n) is 3.49. The molecule has 0 saturated carbocycles. The average molecular weight is 260 g/mol. The maximum absolute atomic E-state index is 10.5. The summed E-state index contributed by atoms with van der Waals surface area (Å²) in [4.78, 5) is 10.1. The van der Waals surface area contributed by atoms with Gasteiger partial charge in [-0.2, -0.15) is 0 Å². The van der Waals surface area contributed by atoms with Gasteiger partial charge in [0.1, 0.15) is 0 Å². The fraction of sp³-hybridized carbons (Fsp3) is 0.600. The molecule has 1 rings (SSSR count). The number of hydrogen-bond acceptors (Lipinski definition) is 6. The van der Waals surface area contributed by atoms with Crippen LogP contribution in [0.5, 0.6) is 0 Å². The normalized spacial score (nSPS) is 12.6. The van der Waals surface area contributed by atoms with Crippen molar-refractivity contribution in [3.63, 3.8) is 0 Å². The van der Waals surface area contributed by atoms with E-state index in [1.54, 1.807) is 25.7 Å². The highest BCUT2D eigenvalue weighted by Crippen LogP contribution is 2.22. The molecular formula is C10H16N2O4S. The minimum atomic E-state index is -0.378. The number of nitrogens with zero attached hydrogens (tertiary/aromatic N) is 1. The molecule has 96 valence electrons. The quantitative estimate of drug-likeness (QED) is 0.565. The van der Waals surface area contributed by atoms with Crippen molar-refractivity contribution in [3.8, 4) is 0 Å². The van der Waals surface area contributed by atoms with E-state index in [0.717, 1.165) is 16.9 Å². The SMILES string of the molecule is COCC(CNCc1csc([N+](=O)[O-])c1)OC. The van der Waals surface area contributed by atoms with Gasteiger partial charge in [-0.05, 0) is 5.56 Å². The van der Waals surface area contributed by atoms with Crippen molar-refractivity contribution >= 4 is 16.3 Å². The standard InChI is InChI=1S/C10H16N2O4S/c1-15-6-9(16-2)5-11-4-8-3-10(12(13)14)17-7-8/h3,7,9,11H,4-6H2,1-2H3. The molecule has 0 spiro atoms. The van der Waals surface area contributed by atoms with Crippen LogP contribution in [0.3, 0.4) is 0 Å². The van der Waals surface area contributed by atoms with Crippen molar-refractivity contribution in [3.05, 3.63) is 27.1 Å². The van der Waals surface area contributed by atoms with Gasteiger partial charge in [0, 0.05) is 38.8 Å². The monoisotopic (exact) mass is 260 g/mol. The van der Waals surface area contributed by atoms with Gasteiger partial charge < -0.3 is 14.8 Å². The molecule has 0 bridgehead atoms. The predicted molar refractivity (Wildman–Crippen MR) is 65.4 cm³/mol. The summed E-state index contributed by atoms with van der Waals surface area (Å²) >= 11 is 1.14. The molecule has 0 aliphatic carbocycles. The Labute approximate surface area is 104 Å². The topological polar surface area (TPSA) is 73.6 Å². The Morgan fingerprint density at radius 2 is 2.35 bits per heavy atom. The smallest absolute Gasteiger partial charge is 0.324 e. The Morgan fingerprint density at radius 3 is 2.88 bits per heavy atom. The Balaban J connectivity index is 2.32. The van der Waals surface area contributed by atoms with Crippen LogP contribution < -0.4 is 5.32 Å². The molecule has 1 aromatic rings. The summed E-state index contributed by atoms with van der Waals surface area (Å²) in [5.74, 6) is 0. The Bertz CT molecular complexity index is 356. The molecule has 1 heterocycles. The average Bonchev–Trinajstić information content (AvgIpc) is 2.77. The first-order valence-electron chi connectivity index (χ1n) is 5.11. The van der Waals surface area contributed by atoms with Gasteiger partial charge in [0.25, 0.3) is 0 Å². The first-order chi connectivity index (χ1) is 8.17. The Hall–Kier alpha value is -1.02. The summed E-state index contributed by atoms with van der Waals surface area (Å²) in [5.41, 5.74) is 0.911. The maximum atomic E-state index is 10.5. The van der Waals surface area contributed by atoms with Crippen molar-refractivity contribution < 1.29 is 14.4 Å². The number of thiophene rings is 1. The van der Waals surface area contributed by atoms with Gasteiger partial charge in [-0.3, -0.25) is 10.1 Å². The predicted octanol–water partition coefficient (Wildman–Crippen LogP) is 1.41. The molecule has 1 aromatic heterocycles. The van der Waals surface area contributed by atoms with E-state index in [9.17, 15) is 10.1 Å². The van der Waals surface area contributed by atoms with E-state index in [-0.39, 0.29) is 16.0 Å². The highest BCUT2D eigenvalue weighted by Gasteiger charge is 2.10. The maximum Gasteiger partial charge on any atom is 0.324 e. The molecule has 17 heavy (non-hydrogen) atoms. The Kier molecular flexibility index (Phi) is 6.06. The minimum absolute atomic E-state index is 0.00591. The van der Waals surface area contributed by atoms with E-state index >= 15 is 0 Å². The molecule has 0 fully saturated rings. The van der Waals surface area contributed by atoms with Gasteiger partial charge in [-0.25, -0.2) is 0 Å². The zero-order chi connectivity index (χ0) is 12.7. The number of hydrogen-bond donors (Lipinski definition) is 1. The van der Waals surface area contributed by atoms with E-state index in [0.29, 0.717) is 19.7 Å². The third-order valence-electron chi connectivity index (χ3n) is 2.21. The third-order valence-corrected chi connectivity index (χ3v) is 3.14. The number of rotatable bonds is 8. The molecule has 0 amide bonds. The summed E-state index contributed by atoms with van der Waals surface area (Å²) in [5, 5.41) is 15.6. The van der Waals surface area contributed by atoms with Crippen LogP contribution in [-0.4, -0.2) is 38.4 Å². The highest BCUT2D eigenvalue weighted by molar-refractivity contribution is 7.13. The van der Waals surface area contributed by atoms with Gasteiger partial charge in [-0.1, -0.05) is 11.3 Å². The lowest BCUT2D eigenvalue weighted by Crippen LogP contribution is -2.31. The van der Waals surface area contributed by atoms with Gasteiger partial charge in [0.2, 0.25) is 0 Å². The molecule has 7 heteroatoms. The summed E-state index contributed by atoms with van der Waals surface area (Å²) in [6, 6.07) is 1.58. The summed E-state index contributed by atoms with van der Waals surface area (Å²) in [6.45, 7) is 1.76. The lowest BCUT2D eigenvalue weighted by molar-refractivity contribution is -0.380. The summed E-state index contributed by atoms with van der Waals surface area (Å²) in [7, 11) is 3.25. The van der Waals surface area contributed by atoms with E-state index in [4.69, 9.17) is 9.47 Å². The van der Waals surface area contributed by atoms with Gasteiger partial charge in [-0.15, -0.1) is 0 Å². The molecule has 1 atom stereocenters. The van der Waals surface area contributed by atoms with Crippen molar-refractivity contribution in [1.82, 2.24) is 5.32 Å². The van der Waals surface area contributed by atoms with Crippen molar-refractivity contribution in [2.75, 3.05) is 27.4 Å². The zero-order valence-corrected chi connectivity index (χ0v) is 10.7. The van der Waals surface area contributed by atoms with Crippen LogP contribution >= 0.6 is 11.3 Å². The summed E-state index contributed by atoms with van der Waals surface area (Å²) in [6.07, 6.45) is -0.00591. The van der Waals surface area contributed by atoms with Crippen molar-refractivity contribution in [1.29, 1.82) is 0 Å². The number of nitrogens with one attached hydrogen (secondary N) is 1. The second kappa shape index (κ2) is 7.33. The fourth-order valence-corrected chi connectivity index (χ4v) is 2.05. The lowest BCUT2D eigenvalue weighted by atomic mass is 10.3. The molecule has 0 aliphatic rings. The van der Waals surface area contributed by atoms with E-state index in [1.807, 2.05) is 0 Å². The largest absolute Gasteiger partial charge is 0.382 e. The Morgan fingerprint density at radius 1 is 1.59 bits per heavy atom. The van der Waals surface area contributed by atoms with E-state index < -0.39 is 0 Å². The van der Waals surface area contributed by atoms with E-state index in [1.165, 1.54) is 0 Å². The van der Waals surface area contributed by atoms with Crippen LogP contribution in [0.1, 0.15) is 5.56 Å². The molecular weight excluding hydrogens is 244 g/mol. The van der Waals surface area contributed by atoms with Crippen LogP contribution in [-0.2, 0) is 16.0 Å². The molecule has 0 aromatic carbocycles. The number of methoxy groups -OCH3 is 2. The van der Waals surface area contributed by atoms with Crippen LogP contribution in [0, 0.1) is 10.1 Å². The fourth-order valence-electron chi connectivity index (χ4n) is 1.32.